The first-order valence-electron chi connectivity index (χ1n) is 16.6. The number of nitrogens with zero attached hydrogens (tertiary/aromatic N) is 1. The van der Waals surface area contributed by atoms with Crippen LogP contribution in [0.2, 0.25) is 0 Å². The van der Waals surface area contributed by atoms with E-state index in [9.17, 15) is 0 Å². The minimum absolute atomic E-state index is 1.20. The van der Waals surface area contributed by atoms with Gasteiger partial charge in [0.05, 0.1) is 0 Å². The maximum atomic E-state index is 4.44. The lowest BCUT2D eigenvalue weighted by molar-refractivity contribution is 1.37. The van der Waals surface area contributed by atoms with E-state index < -0.39 is 0 Å². The summed E-state index contributed by atoms with van der Waals surface area (Å²) < 4.78 is 0. The topological polar surface area (TPSA) is 12.9 Å². The molecule has 0 radical (unpaired) electrons. The minimum Gasteiger partial charge on any atom is -0.264 e. The quantitative estimate of drug-likeness (QED) is 0.180. The monoisotopic (exact) mass is 611 g/mol. The number of allylic oxidation sites excluding steroid dienone is 1. The second-order valence-electron chi connectivity index (χ2n) is 12.7. The minimum atomic E-state index is 1.20. The molecule has 1 aromatic heterocycles. The van der Waals surface area contributed by atoms with Crippen LogP contribution in [-0.2, 0) is 0 Å². The molecule has 0 atom stereocenters. The largest absolute Gasteiger partial charge is 0.264 e. The predicted molar refractivity (Wildman–Crippen MR) is 208 cm³/mol. The van der Waals surface area contributed by atoms with E-state index in [1.807, 2.05) is 12.4 Å². The Balaban J connectivity index is 1.15. The average molecular weight is 612 g/mol. The Labute approximate surface area is 280 Å². The summed E-state index contributed by atoms with van der Waals surface area (Å²) in [5.74, 6) is 0. The normalized spacial score (nSPS) is 11.9. The van der Waals surface area contributed by atoms with Crippen molar-refractivity contribution in [1.29, 1.82) is 0 Å². The molecule has 0 N–H and O–H groups in total. The van der Waals surface area contributed by atoms with Crippen LogP contribution >= 0.6 is 0 Å². The van der Waals surface area contributed by atoms with Crippen molar-refractivity contribution in [3.05, 3.63) is 169 Å². The lowest BCUT2D eigenvalue weighted by Crippen LogP contribution is -1.90. The highest BCUT2D eigenvalue weighted by atomic mass is 14.6. The van der Waals surface area contributed by atoms with Crippen molar-refractivity contribution < 1.29 is 0 Å². The molecule has 0 saturated heterocycles. The third kappa shape index (κ3) is 4.51. The van der Waals surface area contributed by atoms with Crippen LogP contribution in [0.5, 0.6) is 0 Å². The standard InChI is InChI=1S/C47H33N/c1-3-10-37-30(2)38-15-4-5-16-39(38)45-27-35(19-21-42(37)45)33-13-8-11-31(25-33)32-12-9-14-34(26-32)36-20-22-43-44-23-24-48-29-47(44)41-18-7-6-17-40(41)46(43)28-36/h3-29H,1-2H3. The molecule has 0 amide bonds. The Hall–Kier alpha value is -6.05. The molecule has 48 heavy (non-hydrogen) atoms. The van der Waals surface area contributed by atoms with Crippen LogP contribution in [0.3, 0.4) is 0 Å². The molecule has 0 unspecified atom stereocenters. The predicted octanol–water partition coefficient (Wildman–Crippen LogP) is 13.2. The van der Waals surface area contributed by atoms with Gasteiger partial charge in [-0.05, 0) is 137 Å². The Kier molecular flexibility index (Phi) is 6.66. The first-order chi connectivity index (χ1) is 23.7. The van der Waals surface area contributed by atoms with Gasteiger partial charge in [-0.1, -0.05) is 121 Å². The summed E-state index contributed by atoms with van der Waals surface area (Å²) in [7, 11) is 0. The van der Waals surface area contributed by atoms with Gasteiger partial charge in [0.1, 0.15) is 0 Å². The number of benzene rings is 8. The Bertz CT molecular complexity index is 2710. The summed E-state index contributed by atoms with van der Waals surface area (Å²) in [6, 6.07) is 51.4. The molecule has 0 aliphatic carbocycles. The summed E-state index contributed by atoms with van der Waals surface area (Å²) in [4.78, 5) is 4.44. The van der Waals surface area contributed by atoms with Gasteiger partial charge >= 0.3 is 0 Å². The maximum Gasteiger partial charge on any atom is 0.0352 e. The number of rotatable bonds is 4. The van der Waals surface area contributed by atoms with E-state index in [4.69, 9.17) is 0 Å². The summed E-state index contributed by atoms with van der Waals surface area (Å²) in [6.07, 6.45) is 8.27. The highest BCUT2D eigenvalue weighted by Crippen LogP contribution is 2.39. The number of hydrogen-bond donors (Lipinski definition) is 0. The van der Waals surface area contributed by atoms with E-state index in [0.29, 0.717) is 0 Å². The average Bonchev–Trinajstić information content (AvgIpc) is 3.16. The van der Waals surface area contributed by atoms with E-state index in [0.717, 1.165) is 0 Å². The van der Waals surface area contributed by atoms with E-state index in [-0.39, 0.29) is 0 Å². The first-order valence-corrected chi connectivity index (χ1v) is 16.6. The molecule has 1 nitrogen and oxygen atoms in total. The van der Waals surface area contributed by atoms with Gasteiger partial charge in [-0.3, -0.25) is 4.98 Å². The van der Waals surface area contributed by atoms with Crippen LogP contribution in [0, 0.1) is 6.92 Å². The van der Waals surface area contributed by atoms with Gasteiger partial charge in [-0.15, -0.1) is 0 Å². The molecule has 8 aromatic carbocycles. The zero-order valence-electron chi connectivity index (χ0n) is 27.0. The van der Waals surface area contributed by atoms with Crippen LogP contribution in [-0.4, -0.2) is 4.98 Å². The second kappa shape index (κ2) is 11.3. The molecule has 226 valence electrons. The molecule has 0 bridgehead atoms. The number of hydrogen-bond acceptors (Lipinski definition) is 1. The van der Waals surface area contributed by atoms with E-state index in [1.54, 1.807) is 0 Å². The molecule has 0 saturated carbocycles. The summed E-state index contributed by atoms with van der Waals surface area (Å²) in [5.41, 5.74) is 9.92. The second-order valence-corrected chi connectivity index (χ2v) is 12.7. The van der Waals surface area contributed by atoms with Crippen molar-refractivity contribution in [2.45, 2.75) is 13.8 Å². The molecule has 1 heteroatoms. The van der Waals surface area contributed by atoms with Crippen molar-refractivity contribution in [3.8, 4) is 33.4 Å². The zero-order valence-corrected chi connectivity index (χ0v) is 27.0. The fraction of sp³-hybridized carbons (Fsp3) is 0.0426. The molecule has 1 heterocycles. The lowest BCUT2D eigenvalue weighted by Gasteiger charge is -2.15. The zero-order chi connectivity index (χ0) is 32.2. The fourth-order valence-corrected chi connectivity index (χ4v) is 7.69. The molecule has 9 aromatic rings. The van der Waals surface area contributed by atoms with Gasteiger partial charge in [-0.25, -0.2) is 0 Å². The van der Waals surface area contributed by atoms with Crippen molar-refractivity contribution >= 4 is 59.9 Å². The first kappa shape index (κ1) is 28.2. The maximum absolute atomic E-state index is 4.44. The molecule has 9 rings (SSSR count). The highest BCUT2D eigenvalue weighted by molar-refractivity contribution is 6.25. The SMILES string of the molecule is CC=Cc1c(C)c2ccccc2c2cc(-c3cccc(-c4cccc(-c5ccc6c7ccncc7c7ccccc7c6c5)c4)c3)ccc12. The van der Waals surface area contributed by atoms with Gasteiger partial charge in [-0.2, -0.15) is 0 Å². The van der Waals surface area contributed by atoms with Crippen LogP contribution in [0.4, 0.5) is 0 Å². The molecule has 0 fully saturated rings. The van der Waals surface area contributed by atoms with E-state index in [2.05, 4.69) is 171 Å². The summed E-state index contributed by atoms with van der Waals surface area (Å²) in [5, 5.41) is 12.7. The Morgan fingerprint density at radius 3 is 1.46 bits per heavy atom. The molecular formula is C47H33N. The molecule has 0 spiro atoms. The van der Waals surface area contributed by atoms with Gasteiger partial charge < -0.3 is 0 Å². The molecular weight excluding hydrogens is 579 g/mol. The summed E-state index contributed by atoms with van der Waals surface area (Å²) in [6.45, 7) is 4.33. The van der Waals surface area contributed by atoms with Gasteiger partial charge in [0.25, 0.3) is 0 Å². The lowest BCUT2D eigenvalue weighted by atomic mass is 9.89. The molecule has 0 aliphatic rings. The van der Waals surface area contributed by atoms with Crippen molar-refractivity contribution in [1.82, 2.24) is 4.98 Å². The van der Waals surface area contributed by atoms with Crippen LogP contribution in [0.25, 0.3) is 93.3 Å². The smallest absolute Gasteiger partial charge is 0.0352 e. The van der Waals surface area contributed by atoms with Gasteiger partial charge in [0.15, 0.2) is 0 Å². The van der Waals surface area contributed by atoms with Crippen molar-refractivity contribution in [2.75, 3.05) is 0 Å². The number of pyridine rings is 1. The van der Waals surface area contributed by atoms with E-state index in [1.165, 1.54) is 98.4 Å². The Morgan fingerprint density at radius 1 is 0.396 bits per heavy atom. The number of aromatic nitrogens is 1. The third-order valence-electron chi connectivity index (χ3n) is 10.0. The fourth-order valence-electron chi connectivity index (χ4n) is 7.69. The third-order valence-corrected chi connectivity index (χ3v) is 10.0. The highest BCUT2D eigenvalue weighted by Gasteiger charge is 2.13. The number of aryl methyl sites for hydroxylation is 1. The van der Waals surface area contributed by atoms with Crippen molar-refractivity contribution in [2.24, 2.45) is 0 Å². The summed E-state index contributed by atoms with van der Waals surface area (Å²) >= 11 is 0. The van der Waals surface area contributed by atoms with Gasteiger partial charge in [0.2, 0.25) is 0 Å². The molecule has 0 aliphatic heterocycles. The number of fused-ring (bicyclic) bond motifs is 9. The van der Waals surface area contributed by atoms with Crippen LogP contribution < -0.4 is 0 Å². The Morgan fingerprint density at radius 2 is 0.854 bits per heavy atom. The van der Waals surface area contributed by atoms with Crippen LogP contribution in [0.15, 0.2) is 158 Å². The van der Waals surface area contributed by atoms with E-state index >= 15 is 0 Å². The van der Waals surface area contributed by atoms with Crippen molar-refractivity contribution in [3.63, 3.8) is 0 Å². The van der Waals surface area contributed by atoms with Crippen LogP contribution in [0.1, 0.15) is 18.1 Å². The van der Waals surface area contributed by atoms with Gasteiger partial charge in [0, 0.05) is 17.8 Å².